The minimum atomic E-state index is 0.361. The van der Waals surface area contributed by atoms with Crippen LogP contribution in [0.2, 0.25) is 0 Å². The third kappa shape index (κ3) is 2.71. The minimum absolute atomic E-state index is 0.361. The molecule has 1 N–H and O–H groups in total. The van der Waals surface area contributed by atoms with Crippen LogP contribution >= 0.6 is 0 Å². The van der Waals surface area contributed by atoms with Gasteiger partial charge < -0.3 is 10.2 Å². The van der Waals surface area contributed by atoms with E-state index in [1.807, 2.05) is 30.8 Å². The van der Waals surface area contributed by atoms with Gasteiger partial charge in [0.05, 0.1) is 5.69 Å². The summed E-state index contributed by atoms with van der Waals surface area (Å²) in [5.74, 6) is 2.03. The maximum Gasteiger partial charge on any atom is 0.177 e. The molecule has 0 bridgehead atoms. The zero-order valence-corrected chi connectivity index (χ0v) is 13.3. The van der Waals surface area contributed by atoms with Crippen molar-refractivity contribution in [3.63, 3.8) is 0 Å². The van der Waals surface area contributed by atoms with Gasteiger partial charge in [-0.15, -0.1) is 15.3 Å². The van der Waals surface area contributed by atoms with Gasteiger partial charge in [0.15, 0.2) is 5.65 Å². The average molecular weight is 312 g/mol. The summed E-state index contributed by atoms with van der Waals surface area (Å²) in [6.07, 6.45) is 3.90. The van der Waals surface area contributed by atoms with Crippen molar-refractivity contribution in [3.05, 3.63) is 30.2 Å². The third-order valence-electron chi connectivity index (χ3n) is 4.24. The van der Waals surface area contributed by atoms with E-state index in [1.54, 1.807) is 10.8 Å². The van der Waals surface area contributed by atoms with Crippen molar-refractivity contribution in [3.8, 4) is 0 Å². The first-order chi connectivity index (χ1) is 11.2. The lowest BCUT2D eigenvalue weighted by Crippen LogP contribution is -2.43. The van der Waals surface area contributed by atoms with Crippen LogP contribution in [0.15, 0.2) is 24.5 Å². The van der Waals surface area contributed by atoms with Gasteiger partial charge >= 0.3 is 0 Å². The lowest BCUT2D eigenvalue weighted by atomic mass is 10.1. The molecule has 8 nitrogen and oxygen atoms in total. The van der Waals surface area contributed by atoms with Gasteiger partial charge in [-0.25, -0.2) is 0 Å². The summed E-state index contributed by atoms with van der Waals surface area (Å²) >= 11 is 0. The van der Waals surface area contributed by atoms with Crippen molar-refractivity contribution < 1.29 is 0 Å². The van der Waals surface area contributed by atoms with Crippen LogP contribution in [0, 0.1) is 6.92 Å². The van der Waals surface area contributed by atoms with Gasteiger partial charge in [-0.05, 0) is 31.9 Å². The van der Waals surface area contributed by atoms with Crippen molar-refractivity contribution in [2.45, 2.75) is 25.8 Å². The first kappa shape index (κ1) is 14.0. The molecular weight excluding hydrogens is 292 g/mol. The number of hydrogen-bond donors (Lipinski definition) is 1. The Hall–Kier alpha value is -2.64. The minimum Gasteiger partial charge on any atom is -0.364 e. The van der Waals surface area contributed by atoms with E-state index in [-0.39, 0.29) is 0 Å². The Balaban J connectivity index is 1.49. The molecule has 0 aromatic carbocycles. The summed E-state index contributed by atoms with van der Waals surface area (Å²) in [6, 6.07) is 6.38. The monoisotopic (exact) mass is 312 g/mol. The maximum atomic E-state index is 4.49. The van der Waals surface area contributed by atoms with Gasteiger partial charge in [0.2, 0.25) is 0 Å². The number of hydrogen-bond acceptors (Lipinski definition) is 6. The standard InChI is InChI=1S/C15H20N8/c1-11-8-15(21(2)19-11)22-7-3-4-12(9-22)17-13-5-6-14-18-16-10-23(14)20-13/h5-6,8,10,12H,3-4,7,9H2,1-2H3,(H,17,20)/t12-/m0/s1. The molecule has 1 aliphatic rings. The lowest BCUT2D eigenvalue weighted by Gasteiger charge is -2.34. The number of piperidine rings is 1. The molecule has 8 heteroatoms. The van der Waals surface area contributed by atoms with Crippen LogP contribution in [0.5, 0.6) is 0 Å². The van der Waals surface area contributed by atoms with Gasteiger partial charge in [-0.1, -0.05) is 0 Å². The second-order valence-electron chi connectivity index (χ2n) is 6.05. The lowest BCUT2D eigenvalue weighted by molar-refractivity contribution is 0.517. The number of nitrogens with one attached hydrogen (secondary N) is 1. The second kappa shape index (κ2) is 5.53. The molecule has 23 heavy (non-hydrogen) atoms. The van der Waals surface area contributed by atoms with E-state index < -0.39 is 0 Å². The van der Waals surface area contributed by atoms with E-state index in [0.717, 1.165) is 43.1 Å². The molecule has 1 saturated heterocycles. The Morgan fingerprint density at radius 3 is 3.00 bits per heavy atom. The normalized spacial score (nSPS) is 18.5. The topological polar surface area (TPSA) is 76.2 Å². The Morgan fingerprint density at radius 2 is 2.17 bits per heavy atom. The first-order valence-corrected chi connectivity index (χ1v) is 7.88. The van der Waals surface area contributed by atoms with Crippen LogP contribution in [0.3, 0.4) is 0 Å². The van der Waals surface area contributed by atoms with Gasteiger partial charge in [0.1, 0.15) is 18.0 Å². The van der Waals surface area contributed by atoms with Crippen LogP contribution < -0.4 is 10.2 Å². The number of aromatic nitrogens is 6. The molecule has 120 valence electrons. The molecule has 4 rings (SSSR count). The number of fused-ring (bicyclic) bond motifs is 1. The number of aryl methyl sites for hydroxylation is 2. The number of nitrogens with zero attached hydrogens (tertiary/aromatic N) is 7. The molecule has 1 aliphatic heterocycles. The quantitative estimate of drug-likeness (QED) is 0.784. The zero-order chi connectivity index (χ0) is 15.8. The summed E-state index contributed by atoms with van der Waals surface area (Å²) in [5.41, 5.74) is 1.81. The van der Waals surface area contributed by atoms with Gasteiger partial charge in [-0.3, -0.25) is 4.68 Å². The van der Waals surface area contributed by atoms with E-state index in [0.29, 0.717) is 6.04 Å². The Labute approximate surface area is 134 Å². The van der Waals surface area contributed by atoms with Crippen molar-refractivity contribution >= 4 is 17.3 Å². The predicted octanol–water partition coefficient (Wildman–Crippen LogP) is 1.25. The van der Waals surface area contributed by atoms with E-state index in [1.165, 1.54) is 5.82 Å². The number of rotatable bonds is 3. The fraction of sp³-hybridized carbons (Fsp3) is 0.467. The summed E-state index contributed by atoms with van der Waals surface area (Å²) in [7, 11) is 2.00. The maximum absolute atomic E-state index is 4.49. The van der Waals surface area contributed by atoms with Crippen LogP contribution in [-0.4, -0.2) is 48.7 Å². The highest BCUT2D eigenvalue weighted by Crippen LogP contribution is 2.22. The highest BCUT2D eigenvalue weighted by Gasteiger charge is 2.22. The smallest absolute Gasteiger partial charge is 0.177 e. The highest BCUT2D eigenvalue weighted by molar-refractivity contribution is 5.45. The summed E-state index contributed by atoms with van der Waals surface area (Å²) in [6.45, 7) is 4.04. The van der Waals surface area contributed by atoms with E-state index in [9.17, 15) is 0 Å². The van der Waals surface area contributed by atoms with Gasteiger partial charge in [0.25, 0.3) is 0 Å². The van der Waals surface area contributed by atoms with E-state index >= 15 is 0 Å². The molecule has 0 spiro atoms. The van der Waals surface area contributed by atoms with Gasteiger partial charge in [-0.2, -0.15) is 9.61 Å². The Morgan fingerprint density at radius 1 is 1.26 bits per heavy atom. The molecule has 1 fully saturated rings. The zero-order valence-electron chi connectivity index (χ0n) is 13.3. The molecule has 0 unspecified atom stereocenters. The second-order valence-corrected chi connectivity index (χ2v) is 6.05. The Kier molecular flexibility index (Phi) is 3.36. The average Bonchev–Trinajstić information content (AvgIpc) is 3.13. The molecule has 0 radical (unpaired) electrons. The molecule has 3 aromatic rings. The van der Waals surface area contributed by atoms with Crippen LogP contribution in [0.1, 0.15) is 18.5 Å². The molecular formula is C15H20N8. The van der Waals surface area contributed by atoms with Crippen LogP contribution in [0.4, 0.5) is 11.6 Å². The fourth-order valence-electron chi connectivity index (χ4n) is 3.21. The van der Waals surface area contributed by atoms with Crippen molar-refractivity contribution in [2.75, 3.05) is 23.3 Å². The van der Waals surface area contributed by atoms with E-state index in [4.69, 9.17) is 0 Å². The van der Waals surface area contributed by atoms with Crippen LogP contribution in [0.25, 0.3) is 5.65 Å². The first-order valence-electron chi connectivity index (χ1n) is 7.88. The molecule has 0 saturated carbocycles. The SMILES string of the molecule is Cc1cc(N2CCC[C@H](Nc3ccc4nncn4n3)C2)n(C)n1. The van der Waals surface area contributed by atoms with Crippen molar-refractivity contribution in [1.29, 1.82) is 0 Å². The van der Waals surface area contributed by atoms with Gasteiger partial charge in [0, 0.05) is 32.2 Å². The molecule has 3 aromatic heterocycles. The third-order valence-corrected chi connectivity index (χ3v) is 4.24. The summed E-state index contributed by atoms with van der Waals surface area (Å²) in [4.78, 5) is 2.39. The molecule has 0 amide bonds. The largest absolute Gasteiger partial charge is 0.364 e. The molecule has 4 heterocycles. The van der Waals surface area contributed by atoms with Crippen molar-refractivity contribution in [2.24, 2.45) is 7.05 Å². The summed E-state index contributed by atoms with van der Waals surface area (Å²) in [5, 5.41) is 20.3. The number of anilines is 2. The summed E-state index contributed by atoms with van der Waals surface area (Å²) < 4.78 is 3.65. The van der Waals surface area contributed by atoms with E-state index in [2.05, 4.69) is 36.7 Å². The van der Waals surface area contributed by atoms with Crippen LogP contribution in [-0.2, 0) is 7.05 Å². The predicted molar refractivity (Wildman–Crippen MR) is 87.6 cm³/mol. The highest BCUT2D eigenvalue weighted by atomic mass is 15.4. The van der Waals surface area contributed by atoms with Crippen molar-refractivity contribution in [1.82, 2.24) is 29.6 Å². The molecule has 0 aliphatic carbocycles. The molecule has 1 atom stereocenters. The Bertz CT molecular complexity index is 820. The fourth-order valence-corrected chi connectivity index (χ4v) is 3.21.